The van der Waals surface area contributed by atoms with Gasteiger partial charge in [-0.15, -0.1) is 0 Å². The predicted octanol–water partition coefficient (Wildman–Crippen LogP) is 4.36. The smallest absolute Gasteiger partial charge is 0.166 e. The molecule has 0 saturated heterocycles. The van der Waals surface area contributed by atoms with Crippen LogP contribution in [0.5, 0.6) is 0 Å². The van der Waals surface area contributed by atoms with Crippen LogP contribution in [0.4, 0.5) is 0 Å². The van der Waals surface area contributed by atoms with E-state index in [1.54, 1.807) is 0 Å². The Kier molecular flexibility index (Phi) is 3.28. The van der Waals surface area contributed by atoms with Gasteiger partial charge in [0.15, 0.2) is 5.78 Å². The van der Waals surface area contributed by atoms with Crippen LogP contribution in [0.1, 0.15) is 27.0 Å². The van der Waals surface area contributed by atoms with Crippen LogP contribution < -0.4 is 0 Å². The van der Waals surface area contributed by atoms with Crippen LogP contribution in [-0.4, -0.2) is 5.78 Å². The summed E-state index contributed by atoms with van der Waals surface area (Å²) in [7, 11) is 0. The number of ketones is 1. The molecule has 0 aromatic heterocycles. The molecule has 0 unspecified atom stereocenters. The Morgan fingerprint density at radius 1 is 1.11 bits per heavy atom. The summed E-state index contributed by atoms with van der Waals surface area (Å²) in [4.78, 5) is 12.6. The molecular weight excluding hydrogens is 300 g/mol. The number of hydrogen-bond acceptors (Lipinski definition) is 1. The Morgan fingerprint density at radius 3 is 2.32 bits per heavy atom. The number of carbonyl (C=O) groups excluding carboxylic acids is 1. The first-order chi connectivity index (χ1) is 9.13. The summed E-state index contributed by atoms with van der Waals surface area (Å²) in [6.45, 7) is 2.02. The van der Waals surface area contributed by atoms with Gasteiger partial charge in [0.05, 0.1) is 0 Å². The van der Waals surface area contributed by atoms with Gasteiger partial charge in [-0.1, -0.05) is 40.2 Å². The van der Waals surface area contributed by atoms with Gasteiger partial charge < -0.3 is 0 Å². The maximum atomic E-state index is 12.6. The van der Waals surface area contributed by atoms with Gasteiger partial charge in [0.1, 0.15) is 0 Å². The molecule has 2 heteroatoms. The standard InChI is InChI=1S/C17H15BrO/c1-11-6-14(10-16(18)7-11)17(19)15-8-12-4-2-3-5-13(12)9-15/h2-7,10,15H,8-9H2,1H3. The molecule has 0 saturated carbocycles. The SMILES string of the molecule is Cc1cc(Br)cc(C(=O)C2Cc3ccccc3C2)c1. The van der Waals surface area contributed by atoms with Crippen LogP contribution in [0.2, 0.25) is 0 Å². The van der Waals surface area contributed by atoms with E-state index < -0.39 is 0 Å². The first-order valence-electron chi connectivity index (χ1n) is 6.51. The fraction of sp³-hybridized carbons (Fsp3) is 0.235. The van der Waals surface area contributed by atoms with Crippen LogP contribution in [-0.2, 0) is 12.8 Å². The number of benzene rings is 2. The van der Waals surface area contributed by atoms with Crippen molar-refractivity contribution in [2.45, 2.75) is 19.8 Å². The van der Waals surface area contributed by atoms with Crippen molar-refractivity contribution in [2.24, 2.45) is 5.92 Å². The van der Waals surface area contributed by atoms with Gasteiger partial charge in [0.25, 0.3) is 0 Å². The molecule has 1 nitrogen and oxygen atoms in total. The fourth-order valence-corrected chi connectivity index (χ4v) is 3.47. The molecule has 0 aliphatic heterocycles. The maximum Gasteiger partial charge on any atom is 0.166 e. The van der Waals surface area contributed by atoms with Crippen molar-refractivity contribution in [1.82, 2.24) is 0 Å². The van der Waals surface area contributed by atoms with Gasteiger partial charge in [-0.25, -0.2) is 0 Å². The van der Waals surface area contributed by atoms with Crippen LogP contribution in [0.3, 0.4) is 0 Å². The quantitative estimate of drug-likeness (QED) is 0.753. The molecule has 0 fully saturated rings. The lowest BCUT2D eigenvalue weighted by molar-refractivity contribution is 0.0924. The summed E-state index contributed by atoms with van der Waals surface area (Å²) in [5.41, 5.74) is 4.60. The summed E-state index contributed by atoms with van der Waals surface area (Å²) < 4.78 is 0.978. The van der Waals surface area contributed by atoms with Crippen molar-refractivity contribution < 1.29 is 4.79 Å². The molecule has 0 radical (unpaired) electrons. The number of Topliss-reactive ketones (excluding diaryl/α,β-unsaturated/α-hetero) is 1. The first-order valence-corrected chi connectivity index (χ1v) is 7.31. The van der Waals surface area contributed by atoms with Crippen molar-refractivity contribution in [3.8, 4) is 0 Å². The van der Waals surface area contributed by atoms with Crippen LogP contribution in [0.15, 0.2) is 46.9 Å². The topological polar surface area (TPSA) is 17.1 Å². The summed E-state index contributed by atoms with van der Waals surface area (Å²) in [6, 6.07) is 14.3. The van der Waals surface area contributed by atoms with Crippen molar-refractivity contribution >= 4 is 21.7 Å². The third kappa shape index (κ3) is 2.50. The molecule has 0 amide bonds. The summed E-state index contributed by atoms with van der Waals surface area (Å²) in [6.07, 6.45) is 1.75. The van der Waals surface area contributed by atoms with E-state index >= 15 is 0 Å². The number of aryl methyl sites for hydroxylation is 1. The van der Waals surface area contributed by atoms with Crippen LogP contribution in [0.25, 0.3) is 0 Å². The highest BCUT2D eigenvalue weighted by Crippen LogP contribution is 2.29. The van der Waals surface area contributed by atoms with Crippen molar-refractivity contribution in [3.63, 3.8) is 0 Å². The van der Waals surface area contributed by atoms with Gasteiger partial charge in [0, 0.05) is 16.0 Å². The second-order valence-corrected chi connectivity index (χ2v) is 6.17. The van der Waals surface area contributed by atoms with E-state index in [0.717, 1.165) is 28.4 Å². The van der Waals surface area contributed by atoms with E-state index in [1.807, 2.05) is 25.1 Å². The lowest BCUT2D eigenvalue weighted by Gasteiger charge is -2.09. The fourth-order valence-electron chi connectivity index (χ4n) is 2.86. The Balaban J connectivity index is 1.87. The Morgan fingerprint density at radius 2 is 1.74 bits per heavy atom. The van der Waals surface area contributed by atoms with Crippen molar-refractivity contribution in [2.75, 3.05) is 0 Å². The highest BCUT2D eigenvalue weighted by Gasteiger charge is 2.27. The van der Waals surface area contributed by atoms with Gasteiger partial charge in [-0.3, -0.25) is 4.79 Å². The third-order valence-corrected chi connectivity index (χ3v) is 4.21. The minimum Gasteiger partial charge on any atom is -0.294 e. The van der Waals surface area contributed by atoms with Crippen LogP contribution in [0, 0.1) is 12.8 Å². The molecular formula is C17H15BrO. The van der Waals surface area contributed by atoms with Crippen LogP contribution >= 0.6 is 15.9 Å². The minimum atomic E-state index is 0.103. The number of halogens is 1. The number of rotatable bonds is 2. The molecule has 96 valence electrons. The largest absolute Gasteiger partial charge is 0.294 e. The zero-order valence-electron chi connectivity index (χ0n) is 10.8. The molecule has 0 atom stereocenters. The average Bonchev–Trinajstić information content (AvgIpc) is 2.80. The lowest BCUT2D eigenvalue weighted by atomic mass is 9.94. The second-order valence-electron chi connectivity index (χ2n) is 5.26. The molecule has 0 N–H and O–H groups in total. The highest BCUT2D eigenvalue weighted by atomic mass is 79.9. The molecule has 19 heavy (non-hydrogen) atoms. The second kappa shape index (κ2) is 4.93. The van der Waals surface area contributed by atoms with E-state index in [9.17, 15) is 4.79 Å². The molecule has 1 aliphatic rings. The Labute approximate surface area is 121 Å². The first kappa shape index (κ1) is 12.6. The summed E-state index contributed by atoms with van der Waals surface area (Å²) >= 11 is 3.47. The molecule has 3 rings (SSSR count). The highest BCUT2D eigenvalue weighted by molar-refractivity contribution is 9.10. The Bertz CT molecular complexity index is 600. The molecule has 2 aromatic rings. The number of fused-ring (bicyclic) bond motifs is 1. The Hall–Kier alpha value is -1.41. The predicted molar refractivity (Wildman–Crippen MR) is 80.5 cm³/mol. The zero-order chi connectivity index (χ0) is 13.4. The van der Waals surface area contributed by atoms with E-state index in [1.165, 1.54) is 11.1 Å². The maximum absolute atomic E-state index is 12.6. The van der Waals surface area contributed by atoms with E-state index in [4.69, 9.17) is 0 Å². The van der Waals surface area contributed by atoms with Crippen molar-refractivity contribution in [3.05, 3.63) is 69.2 Å². The molecule has 2 aromatic carbocycles. The van der Waals surface area contributed by atoms with Gasteiger partial charge in [0.2, 0.25) is 0 Å². The van der Waals surface area contributed by atoms with Gasteiger partial charge >= 0.3 is 0 Å². The number of hydrogen-bond donors (Lipinski definition) is 0. The summed E-state index contributed by atoms with van der Waals surface area (Å²) in [5, 5.41) is 0. The zero-order valence-corrected chi connectivity index (χ0v) is 12.4. The number of carbonyl (C=O) groups is 1. The van der Waals surface area contributed by atoms with E-state index in [-0.39, 0.29) is 11.7 Å². The van der Waals surface area contributed by atoms with Gasteiger partial charge in [-0.05, 0) is 54.7 Å². The normalized spacial score (nSPS) is 14.4. The van der Waals surface area contributed by atoms with Crippen molar-refractivity contribution in [1.29, 1.82) is 0 Å². The van der Waals surface area contributed by atoms with Gasteiger partial charge in [-0.2, -0.15) is 0 Å². The lowest BCUT2D eigenvalue weighted by Crippen LogP contribution is -2.15. The average molecular weight is 315 g/mol. The minimum absolute atomic E-state index is 0.103. The summed E-state index contributed by atoms with van der Waals surface area (Å²) in [5.74, 6) is 0.367. The molecule has 1 aliphatic carbocycles. The molecule has 0 spiro atoms. The molecule has 0 bridgehead atoms. The van der Waals surface area contributed by atoms with E-state index in [0.29, 0.717) is 0 Å². The molecule has 0 heterocycles. The van der Waals surface area contributed by atoms with E-state index in [2.05, 4.69) is 40.2 Å². The monoisotopic (exact) mass is 314 g/mol. The third-order valence-electron chi connectivity index (χ3n) is 3.75.